The number of methoxy groups -OCH3 is 1. The fraction of sp³-hybridized carbons (Fsp3) is 0.200. The molecule has 57 heavy (non-hydrogen) atoms. The minimum Gasteiger partial charge on any atom is -0.870 e. The molecule has 22 heteroatoms. The van der Waals surface area contributed by atoms with E-state index in [4.69, 9.17) is 84.2 Å². The first kappa shape index (κ1) is 48.3. The van der Waals surface area contributed by atoms with Gasteiger partial charge in [0.2, 0.25) is 11.2 Å². The van der Waals surface area contributed by atoms with Gasteiger partial charge in [0.05, 0.1) is 42.8 Å². The Morgan fingerprint density at radius 1 is 0.667 bits per heavy atom. The van der Waals surface area contributed by atoms with Crippen molar-refractivity contribution < 1.29 is 79.6 Å². The summed E-state index contributed by atoms with van der Waals surface area (Å²) < 4.78 is 98.6. The van der Waals surface area contributed by atoms with Gasteiger partial charge in [0.25, 0.3) is 0 Å². The molecule has 0 spiro atoms. The number of alkyl halides is 6. The van der Waals surface area contributed by atoms with Crippen LogP contribution in [0.25, 0.3) is 11.1 Å². The Hall–Kier alpha value is -3.04. The van der Waals surface area contributed by atoms with Gasteiger partial charge in [-0.1, -0.05) is 69.6 Å². The van der Waals surface area contributed by atoms with Gasteiger partial charge in [0.1, 0.15) is 10.3 Å². The number of hydrogen-bond donors (Lipinski definition) is 1. The van der Waals surface area contributed by atoms with E-state index in [2.05, 4.69) is 14.7 Å². The topological polar surface area (TPSA) is 138 Å². The smallest absolute Gasteiger partial charge is 0.870 e. The Morgan fingerprint density at radius 3 is 1.32 bits per heavy atom. The third kappa shape index (κ3) is 10.1. The van der Waals surface area contributed by atoms with Crippen LogP contribution in [-0.2, 0) is 25.4 Å². The summed E-state index contributed by atoms with van der Waals surface area (Å²) in [5, 5.41) is 8.58. The molecule has 2 aliphatic rings. The molecule has 2 aliphatic heterocycles. The van der Waals surface area contributed by atoms with Crippen LogP contribution < -0.4 is 18.9 Å². The fourth-order valence-electron chi connectivity index (χ4n) is 5.51. The van der Waals surface area contributed by atoms with E-state index in [1.165, 1.54) is 37.4 Å². The molecular weight excluding hydrogens is 894 g/mol. The predicted molar refractivity (Wildman–Crippen MR) is 195 cm³/mol. The Balaban J connectivity index is 0.000000295. The van der Waals surface area contributed by atoms with E-state index in [0.29, 0.717) is 0 Å². The van der Waals surface area contributed by atoms with E-state index < -0.39 is 42.1 Å². The van der Waals surface area contributed by atoms with Crippen molar-refractivity contribution in [2.75, 3.05) is 20.3 Å². The van der Waals surface area contributed by atoms with Crippen molar-refractivity contribution in [1.82, 2.24) is 9.97 Å². The second kappa shape index (κ2) is 18.5. The van der Waals surface area contributed by atoms with E-state index in [0.717, 1.165) is 42.5 Å². The molecule has 298 valence electrons. The summed E-state index contributed by atoms with van der Waals surface area (Å²) in [6, 6.07) is 12.3. The van der Waals surface area contributed by atoms with Crippen LogP contribution in [0.1, 0.15) is 43.2 Å². The summed E-state index contributed by atoms with van der Waals surface area (Å²) >= 11 is 35.2. The molecule has 4 aromatic rings. The molecular formula is C35H21Cl6F6LiN2O7. The van der Waals surface area contributed by atoms with E-state index in [1.807, 2.05) is 0 Å². The number of hydrogen-bond acceptors (Lipinski definition) is 8. The quantitative estimate of drug-likeness (QED) is 0.0880. The van der Waals surface area contributed by atoms with Crippen LogP contribution >= 0.6 is 69.6 Å². The molecule has 9 nitrogen and oxygen atoms in total. The number of pyridine rings is 2. The summed E-state index contributed by atoms with van der Waals surface area (Å²) in [5.41, 5.74) is -5.86. The third-order valence-electron chi connectivity index (χ3n) is 8.08. The van der Waals surface area contributed by atoms with Gasteiger partial charge in [-0.15, -0.1) is 0 Å². The summed E-state index contributed by atoms with van der Waals surface area (Å²) in [6.45, 7) is -0.802. The average Bonchev–Trinajstić information content (AvgIpc) is 3.75. The summed E-state index contributed by atoms with van der Waals surface area (Å²) in [6.07, 6.45) is -7.83. The number of aromatic nitrogens is 2. The molecule has 2 aromatic carbocycles. The van der Waals surface area contributed by atoms with Crippen molar-refractivity contribution in [2.24, 2.45) is 0 Å². The minimum absolute atomic E-state index is 0. The number of carboxylic acid groups (broad SMARTS) is 1. The number of carbonyl (C=O) groups is 2. The molecule has 0 aliphatic carbocycles. The number of carbonyl (C=O) groups excluding carboxylic acids is 1. The van der Waals surface area contributed by atoms with Crippen LogP contribution in [-0.4, -0.2) is 65.2 Å². The molecule has 0 radical (unpaired) electrons. The molecule has 0 saturated carbocycles. The Bertz CT molecular complexity index is 2220. The monoisotopic (exact) mass is 912 g/mol. The van der Waals surface area contributed by atoms with Gasteiger partial charge in [-0.3, -0.25) is 0 Å². The van der Waals surface area contributed by atoms with Crippen LogP contribution in [0.2, 0.25) is 30.4 Å². The first-order chi connectivity index (χ1) is 25.6. The predicted octanol–water partition coefficient (Wildman–Crippen LogP) is 8.14. The molecule has 2 aromatic heterocycles. The van der Waals surface area contributed by atoms with Crippen molar-refractivity contribution >= 4 is 92.7 Å². The molecule has 0 amide bonds. The van der Waals surface area contributed by atoms with Gasteiger partial charge < -0.3 is 24.8 Å². The van der Waals surface area contributed by atoms with Gasteiger partial charge in [-0.05, 0) is 83.9 Å². The number of benzene rings is 2. The summed E-state index contributed by atoms with van der Waals surface area (Å²) in [5.74, 6) is -2.01. The van der Waals surface area contributed by atoms with Crippen LogP contribution in [0.15, 0.2) is 72.8 Å². The number of halogens is 12. The van der Waals surface area contributed by atoms with E-state index in [-0.39, 0.29) is 106 Å². The van der Waals surface area contributed by atoms with Crippen molar-refractivity contribution in [2.45, 2.75) is 23.6 Å². The van der Waals surface area contributed by atoms with E-state index in [1.54, 1.807) is 0 Å². The van der Waals surface area contributed by atoms with Gasteiger partial charge >= 0.3 is 43.2 Å². The van der Waals surface area contributed by atoms with Crippen LogP contribution in [0, 0.1) is 0 Å². The Morgan fingerprint density at radius 2 is 1.02 bits per heavy atom. The third-order valence-corrected chi connectivity index (χ3v) is 9.53. The maximum atomic E-state index is 14.0. The number of nitrogens with zero attached hydrogens (tertiary/aromatic N) is 2. The van der Waals surface area contributed by atoms with Crippen molar-refractivity contribution in [3.05, 3.63) is 137 Å². The van der Waals surface area contributed by atoms with Crippen molar-refractivity contribution in [1.29, 1.82) is 0 Å². The van der Waals surface area contributed by atoms with Gasteiger partial charge in [0, 0.05) is 31.2 Å². The second-order valence-corrected chi connectivity index (χ2v) is 14.0. The summed E-state index contributed by atoms with van der Waals surface area (Å²) in [7, 11) is 1.17. The zero-order valence-corrected chi connectivity index (χ0v) is 33.2. The van der Waals surface area contributed by atoms with Crippen LogP contribution in [0.5, 0.6) is 0 Å². The maximum Gasteiger partial charge on any atom is 1.00 e. The Kier molecular flexibility index (Phi) is 15.7. The number of ether oxygens (including phenoxy) is 3. The maximum absolute atomic E-state index is 14.0. The molecule has 4 heterocycles. The Labute approximate surface area is 360 Å². The van der Waals surface area contributed by atoms with Crippen molar-refractivity contribution in [3.8, 4) is 0 Å². The molecule has 6 rings (SSSR count). The molecule has 2 unspecified atom stereocenters. The number of esters is 1. The summed E-state index contributed by atoms with van der Waals surface area (Å²) in [4.78, 5) is 30.5. The molecule has 2 atom stereocenters. The SMILES string of the molecule is COC(=O)c1ccc(C2=CC(c3cc(Cl)cc(Cl)c3)(C(F)(F)F)OC2)nc1Cl.O=C(O)c1ccc(C2=CC(c3cc(Cl)cc(Cl)c3)(C(F)(F)F)OC2)nc1Cl.[Li+].[OH-]. The van der Waals surface area contributed by atoms with Gasteiger partial charge in [0.15, 0.2) is 0 Å². The standard InChI is InChI=1S/C18H11Cl3F3NO3.C17H9Cl3F3NO3.Li.H2O/c1-27-16(26)13-2-3-14(25-15(13)21)9-7-17(28-8-9,18(22,23)24)10-4-11(19)6-12(20)5-10;18-10-3-9(4-11(19)5-10)16(17(21,22)23)6-8(7-27-16)13-2-1-12(15(25)26)14(20)24-13;;/h2-7H,8H2,1H3;1-6H,7H2,(H,25,26);;1H2/q;;+1;/p-1. The fourth-order valence-corrected chi connectivity index (χ4v) is 7.03. The van der Waals surface area contributed by atoms with Gasteiger partial charge in [-0.25, -0.2) is 19.6 Å². The number of rotatable bonds is 6. The van der Waals surface area contributed by atoms with Crippen LogP contribution in [0.4, 0.5) is 26.3 Å². The zero-order chi connectivity index (χ0) is 40.7. The van der Waals surface area contributed by atoms with E-state index in [9.17, 15) is 35.9 Å². The van der Waals surface area contributed by atoms with Crippen molar-refractivity contribution in [3.63, 3.8) is 0 Å². The van der Waals surface area contributed by atoms with Crippen LogP contribution in [0.3, 0.4) is 0 Å². The number of carboxylic acids is 1. The molecule has 0 saturated heterocycles. The largest absolute Gasteiger partial charge is 1.00 e. The van der Waals surface area contributed by atoms with E-state index >= 15 is 0 Å². The molecule has 0 fully saturated rings. The zero-order valence-electron chi connectivity index (χ0n) is 28.7. The normalized spacial score (nSPS) is 19.0. The van der Waals surface area contributed by atoms with Gasteiger partial charge in [-0.2, -0.15) is 26.3 Å². The first-order valence-electron chi connectivity index (χ1n) is 15.0. The minimum atomic E-state index is -4.81. The molecule has 0 bridgehead atoms. The molecule has 2 N–H and O–H groups in total. The first-order valence-corrected chi connectivity index (χ1v) is 17.3. The number of aromatic carboxylic acids is 1. The second-order valence-electron chi connectivity index (χ2n) is 11.6. The average molecular weight is 915 g/mol.